The Morgan fingerprint density at radius 3 is 2.21 bits per heavy atom. The van der Waals surface area contributed by atoms with E-state index in [1.54, 1.807) is 18.2 Å². The number of fused-ring (bicyclic) bond motifs is 2. The second kappa shape index (κ2) is 7.31. The van der Waals surface area contributed by atoms with Crippen LogP contribution < -0.4 is 0 Å². The Hall–Kier alpha value is -4.44. The van der Waals surface area contributed by atoms with Crippen LogP contribution >= 0.6 is 0 Å². The predicted octanol–water partition coefficient (Wildman–Crippen LogP) is 6.66. The molecule has 0 saturated carbocycles. The van der Waals surface area contributed by atoms with E-state index in [2.05, 4.69) is 0 Å². The van der Waals surface area contributed by atoms with Gasteiger partial charge in [-0.1, -0.05) is 66.2 Å². The van der Waals surface area contributed by atoms with Crippen molar-refractivity contribution in [2.75, 3.05) is 0 Å². The average molecular weight is 429 g/mol. The number of allylic oxidation sites excluding steroid dienone is 1. The van der Waals surface area contributed by atoms with Crippen molar-refractivity contribution in [2.24, 2.45) is 0 Å². The molecule has 0 N–H and O–H groups in total. The molecule has 0 amide bonds. The van der Waals surface area contributed by atoms with Crippen molar-refractivity contribution in [2.45, 2.75) is 6.92 Å². The van der Waals surface area contributed by atoms with Gasteiger partial charge in [0.05, 0.1) is 16.8 Å². The molecule has 0 spiro atoms. The topological polar surface area (TPSA) is 52.2 Å². The first-order valence-corrected chi connectivity index (χ1v) is 10.8. The average Bonchev–Trinajstić information content (AvgIpc) is 3.46. The number of hydrogen-bond donors (Lipinski definition) is 0. The highest BCUT2D eigenvalue weighted by Gasteiger charge is 2.33. The Balaban J connectivity index is 1.54. The summed E-state index contributed by atoms with van der Waals surface area (Å²) in [4.78, 5) is 26.1. The highest BCUT2D eigenvalue weighted by atomic mass is 16.3. The maximum Gasteiger partial charge on any atom is 0.197 e. The minimum atomic E-state index is -0.239. The van der Waals surface area contributed by atoms with Gasteiger partial charge in [-0.25, -0.2) is 0 Å². The number of aromatic nitrogens is 1. The summed E-state index contributed by atoms with van der Waals surface area (Å²) in [6, 6.07) is 29.0. The van der Waals surface area contributed by atoms with E-state index in [1.807, 2.05) is 90.4 Å². The van der Waals surface area contributed by atoms with Crippen molar-refractivity contribution in [1.82, 2.24) is 4.57 Å². The molecule has 0 fully saturated rings. The zero-order valence-corrected chi connectivity index (χ0v) is 17.9. The molecule has 0 unspecified atom stereocenters. The maximum atomic E-state index is 13.1. The Morgan fingerprint density at radius 2 is 1.45 bits per heavy atom. The van der Waals surface area contributed by atoms with Gasteiger partial charge >= 0.3 is 0 Å². The second-order valence-corrected chi connectivity index (χ2v) is 8.23. The first-order chi connectivity index (χ1) is 16.1. The number of benzene rings is 3. The molecule has 2 heterocycles. The molecule has 6 rings (SSSR count). The van der Waals surface area contributed by atoms with Crippen molar-refractivity contribution in [1.29, 1.82) is 0 Å². The molecule has 1 aliphatic rings. The molecule has 158 valence electrons. The molecule has 0 radical (unpaired) electrons. The molecule has 0 bridgehead atoms. The van der Waals surface area contributed by atoms with Gasteiger partial charge in [0.25, 0.3) is 0 Å². The van der Waals surface area contributed by atoms with Crippen molar-refractivity contribution < 1.29 is 14.0 Å². The number of para-hydroxylation sites is 1. The van der Waals surface area contributed by atoms with Crippen LogP contribution in [0.15, 0.2) is 101 Å². The number of aryl methyl sites for hydroxylation is 1. The third kappa shape index (κ3) is 3.07. The summed E-state index contributed by atoms with van der Waals surface area (Å²) < 4.78 is 8.19. The molecular weight excluding hydrogens is 410 g/mol. The number of carbonyl (C=O) groups excluding carboxylic acids is 2. The zero-order chi connectivity index (χ0) is 22.5. The van der Waals surface area contributed by atoms with E-state index in [0.717, 1.165) is 33.8 Å². The van der Waals surface area contributed by atoms with E-state index >= 15 is 0 Å². The second-order valence-electron chi connectivity index (χ2n) is 8.23. The van der Waals surface area contributed by atoms with E-state index in [4.69, 9.17) is 4.42 Å². The molecule has 2 aromatic heterocycles. The van der Waals surface area contributed by atoms with Crippen molar-refractivity contribution in [3.05, 3.63) is 119 Å². The van der Waals surface area contributed by atoms with Gasteiger partial charge in [0, 0.05) is 34.5 Å². The van der Waals surface area contributed by atoms with Crippen LogP contribution in [-0.4, -0.2) is 16.1 Å². The number of carbonyl (C=O) groups is 2. The number of hydrogen-bond acceptors (Lipinski definition) is 3. The van der Waals surface area contributed by atoms with Crippen LogP contribution in [0.3, 0.4) is 0 Å². The molecule has 4 heteroatoms. The molecule has 1 aliphatic carbocycles. The third-order valence-electron chi connectivity index (χ3n) is 6.04. The van der Waals surface area contributed by atoms with Crippen LogP contribution in [0.1, 0.15) is 32.0 Å². The number of furan rings is 1. The predicted molar refractivity (Wildman–Crippen MR) is 129 cm³/mol. The maximum absolute atomic E-state index is 13.1. The number of ketones is 2. The SMILES string of the molecule is Cc1ccc2c(c1)C(=O)/C(=C\c1cc3oc(-c4ccccc4)cc3n1-c1ccccc1)C2=O. The van der Waals surface area contributed by atoms with Crippen molar-refractivity contribution >= 4 is 28.7 Å². The summed E-state index contributed by atoms with van der Waals surface area (Å²) in [5.74, 6) is 0.291. The smallest absolute Gasteiger partial charge is 0.197 e. The largest absolute Gasteiger partial charge is 0.454 e. The third-order valence-corrected chi connectivity index (χ3v) is 6.04. The minimum absolute atomic E-state index is 0.177. The molecule has 5 aromatic rings. The van der Waals surface area contributed by atoms with Gasteiger partial charge in [0.15, 0.2) is 17.1 Å². The van der Waals surface area contributed by atoms with Crippen LogP contribution in [0.4, 0.5) is 0 Å². The molecule has 0 aliphatic heterocycles. The summed E-state index contributed by atoms with van der Waals surface area (Å²) in [5, 5.41) is 0. The summed E-state index contributed by atoms with van der Waals surface area (Å²) in [7, 11) is 0. The summed E-state index contributed by atoms with van der Waals surface area (Å²) in [6.07, 6.45) is 1.69. The molecule has 3 aromatic carbocycles. The highest BCUT2D eigenvalue weighted by molar-refractivity contribution is 6.41. The van der Waals surface area contributed by atoms with Gasteiger partial charge in [0.2, 0.25) is 0 Å². The van der Waals surface area contributed by atoms with Gasteiger partial charge in [0.1, 0.15) is 5.76 Å². The van der Waals surface area contributed by atoms with Crippen LogP contribution in [0, 0.1) is 6.92 Å². The highest BCUT2D eigenvalue weighted by Crippen LogP contribution is 2.35. The van der Waals surface area contributed by atoms with Crippen LogP contribution in [0.25, 0.3) is 34.2 Å². The number of nitrogens with zero attached hydrogens (tertiary/aromatic N) is 1. The molecule has 33 heavy (non-hydrogen) atoms. The lowest BCUT2D eigenvalue weighted by Crippen LogP contribution is -2.03. The lowest BCUT2D eigenvalue weighted by Gasteiger charge is -2.08. The fourth-order valence-corrected chi connectivity index (χ4v) is 4.44. The Labute approximate surface area is 190 Å². The lowest BCUT2D eigenvalue weighted by molar-refractivity contribution is 0.0990. The van der Waals surface area contributed by atoms with E-state index in [-0.39, 0.29) is 17.1 Å². The van der Waals surface area contributed by atoms with E-state index in [0.29, 0.717) is 16.7 Å². The van der Waals surface area contributed by atoms with Gasteiger partial charge < -0.3 is 8.98 Å². The van der Waals surface area contributed by atoms with Gasteiger partial charge in [-0.05, 0) is 31.2 Å². The molecule has 0 atom stereocenters. The monoisotopic (exact) mass is 429 g/mol. The zero-order valence-electron chi connectivity index (χ0n) is 17.9. The van der Waals surface area contributed by atoms with Gasteiger partial charge in [-0.15, -0.1) is 0 Å². The van der Waals surface area contributed by atoms with Crippen LogP contribution in [0.5, 0.6) is 0 Å². The minimum Gasteiger partial charge on any atom is -0.454 e. The van der Waals surface area contributed by atoms with Crippen LogP contribution in [-0.2, 0) is 0 Å². The molecule has 0 saturated heterocycles. The van der Waals surface area contributed by atoms with E-state index < -0.39 is 0 Å². The van der Waals surface area contributed by atoms with E-state index in [9.17, 15) is 9.59 Å². The standard InChI is InChI=1S/C29H19NO3/c1-18-12-13-22-23(14-18)29(32)24(28(22)31)15-21-16-27-25(30(21)20-10-6-3-7-11-20)17-26(33-27)19-8-4-2-5-9-19/h2-17H,1H3/b24-15-. The van der Waals surface area contributed by atoms with Crippen molar-refractivity contribution in [3.8, 4) is 17.0 Å². The first kappa shape index (κ1) is 19.3. The Morgan fingerprint density at radius 1 is 0.758 bits per heavy atom. The summed E-state index contributed by atoms with van der Waals surface area (Å²) >= 11 is 0. The molecular formula is C29H19NO3. The fraction of sp³-hybridized carbons (Fsp3) is 0.0345. The lowest BCUT2D eigenvalue weighted by atomic mass is 10.1. The van der Waals surface area contributed by atoms with Crippen LogP contribution in [0.2, 0.25) is 0 Å². The summed E-state index contributed by atoms with van der Waals surface area (Å²) in [6.45, 7) is 1.92. The quantitative estimate of drug-likeness (QED) is 0.238. The first-order valence-electron chi connectivity index (χ1n) is 10.8. The fourth-order valence-electron chi connectivity index (χ4n) is 4.44. The van der Waals surface area contributed by atoms with Crippen molar-refractivity contribution in [3.63, 3.8) is 0 Å². The normalized spacial score (nSPS) is 14.4. The number of Topliss-reactive ketones (excluding diaryl/α,β-unsaturated/α-hetero) is 2. The van der Waals surface area contributed by atoms with E-state index in [1.165, 1.54) is 0 Å². The van der Waals surface area contributed by atoms with Gasteiger partial charge in [-0.2, -0.15) is 0 Å². The molecule has 4 nitrogen and oxygen atoms in total. The Kier molecular flexibility index (Phi) is 4.27. The Bertz CT molecular complexity index is 1580. The van der Waals surface area contributed by atoms with Gasteiger partial charge in [-0.3, -0.25) is 9.59 Å². The summed E-state index contributed by atoms with van der Waals surface area (Å²) in [5.41, 5.74) is 6.26. The number of rotatable bonds is 3.